The van der Waals surface area contributed by atoms with Gasteiger partial charge in [-0.25, -0.2) is 15.0 Å². The summed E-state index contributed by atoms with van der Waals surface area (Å²) in [4.78, 5) is 15.1. The van der Waals surface area contributed by atoms with Gasteiger partial charge in [-0.15, -0.1) is 0 Å². The molecule has 12 rings (SSSR count). The monoisotopic (exact) mass is 704 g/mol. The van der Waals surface area contributed by atoms with Crippen LogP contribution in [0.5, 0.6) is 0 Å². The van der Waals surface area contributed by atoms with Gasteiger partial charge in [-0.05, 0) is 71.4 Å². The van der Waals surface area contributed by atoms with E-state index in [0.717, 1.165) is 66.3 Å². The molecule has 0 fully saturated rings. The Morgan fingerprint density at radius 1 is 0.364 bits per heavy atom. The van der Waals surface area contributed by atoms with E-state index in [4.69, 9.17) is 23.8 Å². The Kier molecular flexibility index (Phi) is 6.24. The fraction of sp³-hybridized carbons (Fsp3) is 0. The third-order valence-corrected chi connectivity index (χ3v) is 10.8. The lowest BCUT2D eigenvalue weighted by Crippen LogP contribution is -2.00. The van der Waals surface area contributed by atoms with E-state index in [1.165, 1.54) is 32.6 Å². The molecule has 0 amide bonds. The van der Waals surface area contributed by atoms with Crippen LogP contribution in [0.3, 0.4) is 0 Å². The van der Waals surface area contributed by atoms with Crippen molar-refractivity contribution < 1.29 is 8.83 Å². The molecule has 0 bridgehead atoms. The Balaban J connectivity index is 1.02. The quantitative estimate of drug-likeness (QED) is 0.182. The number of furan rings is 2. The minimum absolute atomic E-state index is 0.543. The zero-order chi connectivity index (χ0) is 36.0. The summed E-state index contributed by atoms with van der Waals surface area (Å²) in [6.45, 7) is 0. The van der Waals surface area contributed by atoms with E-state index in [-0.39, 0.29) is 0 Å². The first-order chi connectivity index (χ1) is 27.2. The SMILES string of the molecule is c1ccc(-c2nc(-c3ccc4c(c3)oc3ccc(-n5c6ccccc6c6cc7ccccc7cc65)cc34)nc(-c3cccc4c3oc3ccccc34)n2)cc1. The molecule has 55 heavy (non-hydrogen) atoms. The maximum absolute atomic E-state index is 6.55. The number of hydrogen-bond donors (Lipinski definition) is 0. The standard InChI is InChI=1S/C49H28N4O2/c1-2-11-29(12-3-1)47-50-48(52-49(51-47)38-18-10-17-37-35-16-7-9-20-43(35)55-46(37)38)32-21-23-36-40-28-33(22-24-44(40)54-45(36)27-32)53-41-19-8-6-15-34(41)39-25-30-13-4-5-14-31(30)26-42(39)53/h1-28H. The van der Waals surface area contributed by atoms with Crippen LogP contribution < -0.4 is 0 Å². The Morgan fingerprint density at radius 3 is 1.95 bits per heavy atom. The normalized spacial score (nSPS) is 12.0. The van der Waals surface area contributed by atoms with Gasteiger partial charge in [-0.2, -0.15) is 0 Å². The van der Waals surface area contributed by atoms with Crippen LogP contribution in [0.15, 0.2) is 179 Å². The largest absolute Gasteiger partial charge is 0.456 e. The van der Waals surface area contributed by atoms with Crippen molar-refractivity contribution in [2.45, 2.75) is 0 Å². The molecule has 4 heterocycles. The van der Waals surface area contributed by atoms with Crippen LogP contribution in [-0.2, 0) is 0 Å². The summed E-state index contributed by atoms with van der Waals surface area (Å²) >= 11 is 0. The minimum atomic E-state index is 0.543. The second-order valence-electron chi connectivity index (χ2n) is 14.0. The number of nitrogens with zero attached hydrogens (tertiary/aromatic N) is 4. The number of rotatable bonds is 4. The van der Waals surface area contributed by atoms with Gasteiger partial charge < -0.3 is 13.4 Å². The van der Waals surface area contributed by atoms with E-state index in [0.29, 0.717) is 17.5 Å². The van der Waals surface area contributed by atoms with Crippen molar-refractivity contribution in [3.63, 3.8) is 0 Å². The lowest BCUT2D eigenvalue weighted by Gasteiger charge is -2.09. The van der Waals surface area contributed by atoms with Crippen LogP contribution >= 0.6 is 0 Å². The minimum Gasteiger partial charge on any atom is -0.456 e. The van der Waals surface area contributed by atoms with Crippen LogP contribution in [0.2, 0.25) is 0 Å². The van der Waals surface area contributed by atoms with Gasteiger partial charge in [0, 0.05) is 49.1 Å². The molecule has 0 N–H and O–H groups in total. The van der Waals surface area contributed by atoms with Gasteiger partial charge in [-0.3, -0.25) is 0 Å². The van der Waals surface area contributed by atoms with Gasteiger partial charge in [0.05, 0.1) is 16.6 Å². The summed E-state index contributed by atoms with van der Waals surface area (Å²) in [5.41, 5.74) is 9.12. The van der Waals surface area contributed by atoms with Gasteiger partial charge in [0.25, 0.3) is 0 Å². The molecule has 0 atom stereocenters. The number of hydrogen-bond acceptors (Lipinski definition) is 5. The van der Waals surface area contributed by atoms with Crippen LogP contribution in [0.4, 0.5) is 0 Å². The van der Waals surface area contributed by atoms with E-state index in [2.05, 4.69) is 108 Å². The molecular formula is C49H28N4O2. The van der Waals surface area contributed by atoms with E-state index in [9.17, 15) is 0 Å². The predicted molar refractivity (Wildman–Crippen MR) is 223 cm³/mol. The van der Waals surface area contributed by atoms with Crippen molar-refractivity contribution >= 4 is 76.5 Å². The maximum Gasteiger partial charge on any atom is 0.167 e. The zero-order valence-corrected chi connectivity index (χ0v) is 29.3. The van der Waals surface area contributed by atoms with Crippen molar-refractivity contribution in [3.8, 4) is 39.9 Å². The molecule has 0 aliphatic heterocycles. The molecule has 6 nitrogen and oxygen atoms in total. The molecule has 0 spiro atoms. The molecular weight excluding hydrogens is 677 g/mol. The van der Waals surface area contributed by atoms with Crippen molar-refractivity contribution in [1.82, 2.24) is 19.5 Å². The molecule has 256 valence electrons. The molecule has 0 aliphatic rings. The second-order valence-corrected chi connectivity index (χ2v) is 14.0. The van der Waals surface area contributed by atoms with E-state index in [1.54, 1.807) is 0 Å². The highest BCUT2D eigenvalue weighted by atomic mass is 16.3. The Hall–Kier alpha value is -7.57. The average Bonchev–Trinajstić information content (AvgIpc) is 3.91. The first-order valence-corrected chi connectivity index (χ1v) is 18.3. The highest BCUT2D eigenvalue weighted by Crippen LogP contribution is 2.39. The fourth-order valence-corrected chi connectivity index (χ4v) is 8.24. The Bertz CT molecular complexity index is 3500. The first kappa shape index (κ1) is 29.9. The van der Waals surface area contributed by atoms with Crippen molar-refractivity contribution in [2.24, 2.45) is 0 Å². The molecule has 6 heteroatoms. The number of fused-ring (bicyclic) bond motifs is 10. The van der Waals surface area contributed by atoms with Gasteiger partial charge in [0.2, 0.25) is 0 Å². The molecule has 0 saturated carbocycles. The molecule has 0 saturated heterocycles. The van der Waals surface area contributed by atoms with Gasteiger partial charge in [0.15, 0.2) is 17.5 Å². The molecule has 0 unspecified atom stereocenters. The molecule has 4 aromatic heterocycles. The summed E-state index contributed by atoms with van der Waals surface area (Å²) in [6, 6.07) is 58.7. The van der Waals surface area contributed by atoms with Crippen molar-refractivity contribution in [3.05, 3.63) is 170 Å². The van der Waals surface area contributed by atoms with Gasteiger partial charge >= 0.3 is 0 Å². The molecule has 12 aromatic rings. The predicted octanol–water partition coefficient (Wildman–Crippen LogP) is 12.9. The van der Waals surface area contributed by atoms with E-state index in [1.807, 2.05) is 66.7 Å². The summed E-state index contributed by atoms with van der Waals surface area (Å²) in [7, 11) is 0. The smallest absolute Gasteiger partial charge is 0.167 e. The molecule has 0 aliphatic carbocycles. The summed E-state index contributed by atoms with van der Waals surface area (Å²) in [5.74, 6) is 1.68. The fourth-order valence-electron chi connectivity index (χ4n) is 8.24. The number of para-hydroxylation sites is 3. The average molecular weight is 705 g/mol. The van der Waals surface area contributed by atoms with Crippen molar-refractivity contribution in [2.75, 3.05) is 0 Å². The van der Waals surface area contributed by atoms with Gasteiger partial charge in [0.1, 0.15) is 22.3 Å². The zero-order valence-electron chi connectivity index (χ0n) is 29.3. The lowest BCUT2D eigenvalue weighted by molar-refractivity contribution is 0.668. The van der Waals surface area contributed by atoms with Crippen LogP contribution in [0.1, 0.15) is 0 Å². The van der Waals surface area contributed by atoms with Crippen molar-refractivity contribution in [1.29, 1.82) is 0 Å². The van der Waals surface area contributed by atoms with E-state index < -0.39 is 0 Å². The van der Waals surface area contributed by atoms with Crippen LogP contribution in [0, 0.1) is 0 Å². The third kappa shape index (κ3) is 4.58. The summed E-state index contributed by atoms with van der Waals surface area (Å²) < 4.78 is 15.3. The number of benzene rings is 8. The topological polar surface area (TPSA) is 69.9 Å². The first-order valence-electron chi connectivity index (χ1n) is 18.3. The summed E-state index contributed by atoms with van der Waals surface area (Å²) in [6.07, 6.45) is 0. The van der Waals surface area contributed by atoms with E-state index >= 15 is 0 Å². The van der Waals surface area contributed by atoms with Gasteiger partial charge in [-0.1, -0.05) is 109 Å². The highest BCUT2D eigenvalue weighted by Gasteiger charge is 2.19. The molecule has 8 aromatic carbocycles. The van der Waals surface area contributed by atoms with Crippen LogP contribution in [0.25, 0.3) is 116 Å². The van der Waals surface area contributed by atoms with Crippen LogP contribution in [-0.4, -0.2) is 19.5 Å². The highest BCUT2D eigenvalue weighted by molar-refractivity contribution is 6.14. The Morgan fingerprint density at radius 2 is 1.05 bits per heavy atom. The number of aromatic nitrogens is 4. The summed E-state index contributed by atoms with van der Waals surface area (Å²) in [5, 5.41) is 9.06. The second kappa shape index (κ2) is 11.5. The Labute approximate surface area is 313 Å². The molecule has 0 radical (unpaired) electrons. The third-order valence-electron chi connectivity index (χ3n) is 10.8. The maximum atomic E-state index is 6.55. The lowest BCUT2D eigenvalue weighted by atomic mass is 10.1.